The van der Waals surface area contributed by atoms with E-state index in [1.807, 2.05) is 0 Å². The van der Waals surface area contributed by atoms with Crippen LogP contribution in [0.5, 0.6) is 0 Å². The second-order valence-corrected chi connectivity index (χ2v) is 1.36. The predicted molar refractivity (Wildman–Crippen MR) is 18.2 cm³/mol. The summed E-state index contributed by atoms with van der Waals surface area (Å²) in [5, 5.41) is 0. The van der Waals surface area contributed by atoms with Gasteiger partial charge in [-0.25, -0.2) is 0 Å². The molecular weight excluding hydrogens is 967 g/mol. The maximum atomic E-state index is 5.01. The SMILES string of the molecule is [CH-]=C([CH2-])[C-]=[W].[W].[W].[W]=[W]. The first-order valence-electron chi connectivity index (χ1n) is 1.26. The van der Waals surface area contributed by atoms with Crippen LogP contribution in [-0.2, 0) is 93.9 Å². The molecule has 0 spiro atoms. The van der Waals surface area contributed by atoms with Crippen molar-refractivity contribution in [3.05, 3.63) is 19.1 Å². The number of hydrogen-bond donors (Lipinski definition) is 0. The van der Waals surface area contributed by atoms with Gasteiger partial charge in [0.1, 0.15) is 0 Å². The van der Waals surface area contributed by atoms with Gasteiger partial charge >= 0.3 is 75.3 Å². The first-order chi connectivity index (χ1) is 3.27. The van der Waals surface area contributed by atoms with Crippen LogP contribution in [0.1, 0.15) is 0 Å². The monoisotopic (exact) mass is 971 g/mol. The molecule has 52 valence electrons. The summed E-state index contributed by atoms with van der Waals surface area (Å²) in [5.41, 5.74) is 0.542. The van der Waals surface area contributed by atoms with E-state index in [-0.39, 0.29) is 42.1 Å². The number of allylic oxidation sites excluding steroid dienone is 1. The molecule has 0 atom stereocenters. The molecule has 9 heavy (non-hydrogen) atoms. The summed E-state index contributed by atoms with van der Waals surface area (Å²) in [7, 11) is 0. The van der Waals surface area contributed by atoms with Gasteiger partial charge in [-0.05, 0) is 0 Å². The molecule has 0 aliphatic carbocycles. The third-order valence-corrected chi connectivity index (χ3v) is 1.07. The number of rotatable bonds is 1. The van der Waals surface area contributed by atoms with Crippen LogP contribution in [0.15, 0.2) is 5.57 Å². The molecule has 0 aliphatic rings. The molecule has 0 aromatic rings. The molecule has 0 aromatic carbocycles. The minimum absolute atomic E-state index is 0. The van der Waals surface area contributed by atoms with Crippen LogP contribution in [0.2, 0.25) is 0 Å². The van der Waals surface area contributed by atoms with Crippen molar-refractivity contribution in [3.8, 4) is 0 Å². The Morgan fingerprint density at radius 3 is 1.44 bits per heavy atom. The Bertz CT molecular complexity index is 69.4. The summed E-state index contributed by atoms with van der Waals surface area (Å²) in [6.07, 6.45) is 0. The van der Waals surface area contributed by atoms with Crippen LogP contribution >= 0.6 is 0 Å². The molecule has 0 fully saturated rings. The zero-order valence-electron chi connectivity index (χ0n) is 4.33. The molecule has 5 heteroatoms. The molecule has 0 rings (SSSR count). The third-order valence-electron chi connectivity index (χ3n) is 0.131. The summed E-state index contributed by atoms with van der Waals surface area (Å²) < 4.78 is 2.69. The molecule has 0 amide bonds. The Labute approximate surface area is 115 Å². The van der Waals surface area contributed by atoms with Gasteiger partial charge in [0.25, 0.3) is 0 Å². The molecule has 0 bridgehead atoms. The van der Waals surface area contributed by atoms with Gasteiger partial charge in [0.2, 0.25) is 0 Å². The second kappa shape index (κ2) is 22.4. The molecule has 0 saturated heterocycles. The Hall–Kier alpha value is 2.92. The average Bonchev–Trinajstić information content (AvgIpc) is 1.73. The van der Waals surface area contributed by atoms with Gasteiger partial charge < -0.3 is 0 Å². The summed E-state index contributed by atoms with van der Waals surface area (Å²) in [4.78, 5) is 0. The summed E-state index contributed by atoms with van der Waals surface area (Å²) in [6.45, 7) is 8.37. The molecular formula is C4H3W5-3. The molecule has 0 N–H and O–H groups in total. The van der Waals surface area contributed by atoms with Crippen molar-refractivity contribution in [2.45, 2.75) is 0 Å². The van der Waals surface area contributed by atoms with E-state index in [1.54, 1.807) is 32.4 Å². The van der Waals surface area contributed by atoms with Crippen molar-refractivity contribution in [2.24, 2.45) is 0 Å². The van der Waals surface area contributed by atoms with E-state index in [9.17, 15) is 0 Å². The molecule has 0 nitrogen and oxygen atoms in total. The van der Waals surface area contributed by atoms with Crippen molar-refractivity contribution in [2.75, 3.05) is 0 Å². The van der Waals surface area contributed by atoms with E-state index in [0.717, 1.165) is 0 Å². The van der Waals surface area contributed by atoms with E-state index in [2.05, 4.69) is 11.3 Å². The molecule has 0 heterocycles. The van der Waals surface area contributed by atoms with Crippen LogP contribution in [0.3, 0.4) is 0 Å². The Morgan fingerprint density at radius 2 is 1.44 bits per heavy atom. The van der Waals surface area contributed by atoms with Crippen LogP contribution in [0, 0.1) is 13.5 Å². The minimum atomic E-state index is 0. The molecule has 0 unspecified atom stereocenters. The fourth-order valence-corrected chi connectivity index (χ4v) is 0. The molecule has 0 aliphatic heterocycles. The first-order valence-corrected chi connectivity index (χ1v) is 13.7. The average molecular weight is 970 g/mol. The normalized spacial score (nSPS) is 4.00. The van der Waals surface area contributed by atoms with Gasteiger partial charge in [0, 0.05) is 42.1 Å². The fourth-order valence-electron chi connectivity index (χ4n) is 0. The van der Waals surface area contributed by atoms with E-state index >= 15 is 0 Å². The van der Waals surface area contributed by atoms with Gasteiger partial charge in [0.05, 0.1) is 0 Å². The molecule has 0 radical (unpaired) electrons. The predicted octanol–water partition coefficient (Wildman–Crippen LogP) is 0.396. The van der Waals surface area contributed by atoms with Crippen LogP contribution in [0.4, 0.5) is 0 Å². The van der Waals surface area contributed by atoms with E-state index in [1.165, 1.54) is 19.4 Å². The quantitative estimate of drug-likeness (QED) is 0.335. The van der Waals surface area contributed by atoms with Crippen molar-refractivity contribution < 1.29 is 93.9 Å². The van der Waals surface area contributed by atoms with E-state index < -0.39 is 0 Å². The zero-order valence-corrected chi connectivity index (χ0v) is 19.0. The third kappa shape index (κ3) is 35.9. The van der Waals surface area contributed by atoms with E-state index in [0.29, 0.717) is 5.57 Å². The van der Waals surface area contributed by atoms with Crippen LogP contribution in [-0.4, -0.2) is 4.40 Å². The molecule has 0 saturated carbocycles. The summed E-state index contributed by atoms with van der Waals surface area (Å²) in [5.74, 6) is 0. The Balaban J connectivity index is -0.0000000286. The summed E-state index contributed by atoms with van der Waals surface area (Å²) >= 11 is 4.56. The van der Waals surface area contributed by atoms with Crippen LogP contribution in [0.25, 0.3) is 0 Å². The van der Waals surface area contributed by atoms with Crippen molar-refractivity contribution >= 4 is 4.40 Å². The van der Waals surface area contributed by atoms with Gasteiger partial charge in [-0.3, -0.25) is 0 Å². The van der Waals surface area contributed by atoms with Gasteiger partial charge in [-0.15, -0.1) is 0 Å². The first kappa shape index (κ1) is 22.7. The fraction of sp³-hybridized carbons (Fsp3) is 0. The maximum absolute atomic E-state index is 5.01. The van der Waals surface area contributed by atoms with Gasteiger partial charge in [-0.1, -0.05) is 0 Å². The van der Waals surface area contributed by atoms with Gasteiger partial charge in [0.15, 0.2) is 0 Å². The van der Waals surface area contributed by atoms with E-state index in [4.69, 9.17) is 6.58 Å². The topological polar surface area (TPSA) is 0 Å². The Morgan fingerprint density at radius 1 is 1.33 bits per heavy atom. The zero-order chi connectivity index (χ0) is 6.28. The van der Waals surface area contributed by atoms with Crippen molar-refractivity contribution in [1.29, 1.82) is 0 Å². The van der Waals surface area contributed by atoms with Gasteiger partial charge in [-0.2, -0.15) is 0 Å². The van der Waals surface area contributed by atoms with Crippen LogP contribution < -0.4 is 0 Å². The Kier molecular flexibility index (Phi) is 56.5. The van der Waals surface area contributed by atoms with Crippen molar-refractivity contribution in [3.63, 3.8) is 0 Å². The molecule has 0 aromatic heterocycles. The standard InChI is InChI=1S/C4H3.5W/c1-4(2)3;;;;;/h1H,2H2;;;;;/q-3;;;;;. The second-order valence-electron chi connectivity index (χ2n) is 0.627. The summed E-state index contributed by atoms with van der Waals surface area (Å²) in [6, 6.07) is 0. The number of hydrogen-bond acceptors (Lipinski definition) is 0. The van der Waals surface area contributed by atoms with Crippen molar-refractivity contribution in [1.82, 2.24) is 0 Å².